The smallest absolute Gasteiger partial charge is 0.0547 e. The van der Waals surface area contributed by atoms with Gasteiger partial charge < -0.3 is 5.32 Å². The Morgan fingerprint density at radius 2 is 1.27 bits per heavy atom. The Bertz CT molecular complexity index is 900. The summed E-state index contributed by atoms with van der Waals surface area (Å²) in [6.07, 6.45) is 0. The maximum Gasteiger partial charge on any atom is 0.0547 e. The van der Waals surface area contributed by atoms with Gasteiger partial charge in [-0.25, -0.2) is 0 Å². The van der Waals surface area contributed by atoms with Crippen molar-refractivity contribution in [2.75, 3.05) is 18.4 Å². The van der Waals surface area contributed by atoms with E-state index in [-0.39, 0.29) is 16.8 Å². The van der Waals surface area contributed by atoms with Crippen LogP contribution < -0.4 is 5.32 Å². The molecule has 0 unspecified atom stereocenters. The number of rotatable bonds is 8. The fourth-order valence-electron chi connectivity index (χ4n) is 3.85. The van der Waals surface area contributed by atoms with Crippen molar-refractivity contribution in [1.29, 1.82) is 0 Å². The number of anilines is 1. The Morgan fingerprint density at radius 1 is 0.767 bits per heavy atom. The first-order chi connectivity index (χ1) is 13.9. The van der Waals surface area contributed by atoms with Gasteiger partial charge in [-0.05, 0) is 70.0 Å². The summed E-state index contributed by atoms with van der Waals surface area (Å²) < 4.78 is 0. The first-order valence-electron chi connectivity index (χ1n) is 10.3. The van der Waals surface area contributed by atoms with Crippen LogP contribution in [0.4, 0.5) is 5.69 Å². The molecule has 1 N–H and O–H groups in total. The van der Waals surface area contributed by atoms with Gasteiger partial charge in [-0.15, -0.1) is 0 Å². The second kappa shape index (κ2) is 11.3. The van der Waals surface area contributed by atoms with Gasteiger partial charge in [0.25, 0.3) is 0 Å². The third-order valence-electron chi connectivity index (χ3n) is 5.07. The van der Waals surface area contributed by atoms with Crippen LogP contribution in [0.3, 0.4) is 0 Å². The van der Waals surface area contributed by atoms with E-state index < -0.39 is 0 Å². The van der Waals surface area contributed by atoms with Crippen molar-refractivity contribution >= 4 is 5.69 Å². The Balaban J connectivity index is 0.00000320. The zero-order valence-corrected chi connectivity index (χ0v) is 19.7. The van der Waals surface area contributed by atoms with E-state index in [1.54, 1.807) is 0 Å². The Kier molecular flexibility index (Phi) is 9.02. The molecular weight excluding hydrogens is 415 g/mol. The van der Waals surface area contributed by atoms with Crippen molar-refractivity contribution in [2.24, 2.45) is 0 Å². The average Bonchev–Trinajstić information content (AvgIpc) is 2.64. The van der Waals surface area contributed by atoms with Gasteiger partial charge in [0.15, 0.2) is 0 Å². The molecule has 2 aromatic heterocycles. The number of aromatic nitrogens is 2. The van der Waals surface area contributed by atoms with E-state index >= 15 is 0 Å². The molecule has 161 valence electrons. The zero-order chi connectivity index (χ0) is 20.8. The number of nitrogens with zero attached hydrogens (tertiary/aromatic N) is 3. The van der Waals surface area contributed by atoms with Crippen LogP contribution in [0.2, 0.25) is 0 Å². The van der Waals surface area contributed by atoms with E-state index in [9.17, 15) is 0 Å². The van der Waals surface area contributed by atoms with Crippen molar-refractivity contribution in [2.45, 2.75) is 47.7 Å². The Morgan fingerprint density at radius 3 is 1.73 bits per heavy atom. The number of hydrogen-bond acceptors (Lipinski definition) is 4. The molecule has 3 aromatic rings. The molecule has 0 aliphatic rings. The molecule has 0 fully saturated rings. The molecule has 4 nitrogen and oxygen atoms in total. The summed E-state index contributed by atoms with van der Waals surface area (Å²) >= 11 is 0. The molecule has 2 heterocycles. The third-order valence-corrected chi connectivity index (χ3v) is 5.07. The largest absolute Gasteiger partial charge is 0.383 e. The molecule has 0 saturated heterocycles. The van der Waals surface area contributed by atoms with Crippen LogP contribution in [0.25, 0.3) is 0 Å². The number of aryl methyl sites for hydroxylation is 5. The van der Waals surface area contributed by atoms with Gasteiger partial charge in [-0.1, -0.05) is 29.8 Å². The van der Waals surface area contributed by atoms with Crippen molar-refractivity contribution in [3.8, 4) is 0 Å². The maximum atomic E-state index is 4.69. The van der Waals surface area contributed by atoms with E-state index in [0.29, 0.717) is 0 Å². The average molecular weight is 447 g/mol. The van der Waals surface area contributed by atoms with E-state index in [4.69, 9.17) is 9.97 Å². The van der Waals surface area contributed by atoms with E-state index in [2.05, 4.69) is 67.4 Å². The molecule has 1 aromatic carbocycles. The summed E-state index contributed by atoms with van der Waals surface area (Å²) in [6.45, 7) is 14.0. The molecule has 0 aliphatic heterocycles. The van der Waals surface area contributed by atoms with Crippen LogP contribution >= 0.6 is 0 Å². The summed E-state index contributed by atoms with van der Waals surface area (Å²) in [4.78, 5) is 11.8. The standard InChI is InChI=1S/C25H32N4.Co/c1-18-14-19(2)25(20(3)15-18)26-12-13-29(16-23-10-6-8-21(4)27-23)17-24-11-7-9-22(5)28-24;/h6-11,14-15,26H,12-13,16-17H2,1-5H3;. The topological polar surface area (TPSA) is 41.0 Å². The molecule has 3 rings (SSSR count). The van der Waals surface area contributed by atoms with Gasteiger partial charge in [0.1, 0.15) is 0 Å². The van der Waals surface area contributed by atoms with Crippen LogP contribution in [-0.4, -0.2) is 28.0 Å². The van der Waals surface area contributed by atoms with E-state index in [1.807, 2.05) is 26.0 Å². The number of hydrogen-bond donors (Lipinski definition) is 1. The predicted octanol–water partition coefficient (Wildman–Crippen LogP) is 5.13. The molecule has 0 aliphatic carbocycles. The molecule has 30 heavy (non-hydrogen) atoms. The number of nitrogens with one attached hydrogen (secondary N) is 1. The van der Waals surface area contributed by atoms with Crippen molar-refractivity contribution in [3.05, 3.63) is 88.0 Å². The first-order valence-corrected chi connectivity index (χ1v) is 10.3. The summed E-state index contributed by atoms with van der Waals surface area (Å²) in [5.41, 5.74) is 9.46. The normalized spacial score (nSPS) is 10.7. The Hall–Kier alpha value is -2.21. The van der Waals surface area contributed by atoms with Crippen molar-refractivity contribution < 1.29 is 16.8 Å². The van der Waals surface area contributed by atoms with Crippen LogP contribution in [-0.2, 0) is 29.9 Å². The van der Waals surface area contributed by atoms with E-state index in [0.717, 1.165) is 49.0 Å². The van der Waals surface area contributed by atoms with E-state index in [1.165, 1.54) is 22.4 Å². The third kappa shape index (κ3) is 6.94. The summed E-state index contributed by atoms with van der Waals surface area (Å²) in [6, 6.07) is 16.9. The quantitative estimate of drug-likeness (QED) is 0.520. The minimum absolute atomic E-state index is 0. The van der Waals surface area contributed by atoms with Crippen LogP contribution in [0.15, 0.2) is 48.5 Å². The molecule has 0 amide bonds. The number of benzene rings is 1. The van der Waals surface area contributed by atoms with Gasteiger partial charge in [0, 0.05) is 60.0 Å². The van der Waals surface area contributed by atoms with Gasteiger partial charge in [0.05, 0.1) is 11.4 Å². The van der Waals surface area contributed by atoms with Gasteiger partial charge in [-0.2, -0.15) is 0 Å². The van der Waals surface area contributed by atoms with Gasteiger partial charge >= 0.3 is 0 Å². The maximum absolute atomic E-state index is 4.69. The predicted molar refractivity (Wildman–Crippen MR) is 121 cm³/mol. The minimum Gasteiger partial charge on any atom is -0.383 e. The van der Waals surface area contributed by atoms with Crippen LogP contribution in [0.1, 0.15) is 39.5 Å². The Labute approximate surface area is 191 Å². The second-order valence-corrected chi connectivity index (χ2v) is 7.95. The molecule has 0 spiro atoms. The molecule has 0 bridgehead atoms. The molecule has 5 heteroatoms. The van der Waals surface area contributed by atoms with Crippen LogP contribution in [0.5, 0.6) is 0 Å². The van der Waals surface area contributed by atoms with Crippen LogP contribution in [0, 0.1) is 34.6 Å². The second-order valence-electron chi connectivity index (χ2n) is 7.95. The fourth-order valence-corrected chi connectivity index (χ4v) is 3.85. The zero-order valence-electron chi connectivity index (χ0n) is 18.6. The monoisotopic (exact) mass is 447 g/mol. The summed E-state index contributed by atoms with van der Waals surface area (Å²) in [5, 5.41) is 3.65. The number of pyridine rings is 2. The molecule has 0 atom stereocenters. The van der Waals surface area contributed by atoms with Crippen molar-refractivity contribution in [1.82, 2.24) is 14.9 Å². The summed E-state index contributed by atoms with van der Waals surface area (Å²) in [5.74, 6) is 0. The molecule has 0 saturated carbocycles. The minimum atomic E-state index is 0. The molecular formula is C25H32CoN4. The van der Waals surface area contributed by atoms with Gasteiger partial charge in [-0.3, -0.25) is 14.9 Å². The van der Waals surface area contributed by atoms with Crippen molar-refractivity contribution in [3.63, 3.8) is 0 Å². The summed E-state index contributed by atoms with van der Waals surface area (Å²) in [7, 11) is 0. The first kappa shape index (κ1) is 24.1. The SMILES string of the molecule is Cc1cc(C)c(NCCN(Cc2cccc(C)n2)Cc2cccc(C)n2)c(C)c1.[Co]. The van der Waals surface area contributed by atoms with Gasteiger partial charge in [0.2, 0.25) is 0 Å². The molecule has 1 radical (unpaired) electrons. The fraction of sp³-hybridized carbons (Fsp3) is 0.360.